The smallest absolute Gasteiger partial charge is 0.307 e. The molecule has 0 saturated heterocycles. The Kier molecular flexibility index (Phi) is 8.40. The molecule has 0 aromatic heterocycles. The second-order valence-electron chi connectivity index (χ2n) is 5.37. The average molecular weight is 360 g/mol. The number of rotatable bonds is 9. The number of nitrogens with zero attached hydrogens (tertiary/aromatic N) is 2. The number of carbonyl (C=O) groups is 2. The summed E-state index contributed by atoms with van der Waals surface area (Å²) in [6, 6.07) is 1.60. The fourth-order valence-electron chi connectivity index (χ4n) is 2.31. The van der Waals surface area contributed by atoms with Gasteiger partial charge in [0.15, 0.2) is 17.5 Å². The largest absolute Gasteiger partial charge is 0.469 e. The van der Waals surface area contributed by atoms with Crippen molar-refractivity contribution in [2.45, 2.75) is 20.3 Å². The third-order valence-corrected chi connectivity index (χ3v) is 3.95. The fraction of sp³-hybridized carbons (Fsp3) is 0.529. The van der Waals surface area contributed by atoms with Gasteiger partial charge in [-0.3, -0.25) is 9.59 Å². The molecular weight excluding hydrogens is 337 g/mol. The Hall–Kier alpha value is -2.09. The van der Waals surface area contributed by atoms with Gasteiger partial charge in [0.25, 0.3) is 5.91 Å². The second kappa shape index (κ2) is 10.0. The van der Waals surface area contributed by atoms with Crippen molar-refractivity contribution in [1.29, 1.82) is 0 Å². The molecule has 0 heterocycles. The molecule has 0 aliphatic rings. The summed E-state index contributed by atoms with van der Waals surface area (Å²) in [5.41, 5.74) is -0.566. The van der Waals surface area contributed by atoms with Crippen LogP contribution < -0.4 is 0 Å². The van der Waals surface area contributed by atoms with Crippen LogP contribution in [-0.4, -0.2) is 61.5 Å². The average Bonchev–Trinajstić information content (AvgIpc) is 2.62. The van der Waals surface area contributed by atoms with E-state index in [0.29, 0.717) is 12.6 Å². The molecule has 5 nitrogen and oxygen atoms in total. The van der Waals surface area contributed by atoms with E-state index in [1.54, 1.807) is 0 Å². The fourth-order valence-corrected chi connectivity index (χ4v) is 2.31. The Morgan fingerprint density at radius 2 is 1.64 bits per heavy atom. The highest BCUT2D eigenvalue weighted by Gasteiger charge is 2.24. The van der Waals surface area contributed by atoms with Crippen LogP contribution in [0.5, 0.6) is 0 Å². The van der Waals surface area contributed by atoms with Crippen molar-refractivity contribution in [3.8, 4) is 0 Å². The number of esters is 1. The zero-order valence-corrected chi connectivity index (χ0v) is 14.7. The molecule has 0 N–H and O–H groups in total. The maximum Gasteiger partial charge on any atom is 0.307 e. The van der Waals surface area contributed by atoms with E-state index < -0.39 is 34.9 Å². The second-order valence-corrected chi connectivity index (χ2v) is 5.37. The van der Waals surface area contributed by atoms with E-state index in [9.17, 15) is 22.8 Å². The third kappa shape index (κ3) is 5.74. The van der Waals surface area contributed by atoms with Crippen LogP contribution in [0.25, 0.3) is 0 Å². The Morgan fingerprint density at radius 1 is 1.00 bits per heavy atom. The summed E-state index contributed by atoms with van der Waals surface area (Å²) < 4.78 is 44.9. The molecule has 0 fully saturated rings. The van der Waals surface area contributed by atoms with Gasteiger partial charge < -0.3 is 14.5 Å². The number of likely N-dealkylation sites (N-methyl/N-ethyl adjacent to an activating group) is 1. The minimum Gasteiger partial charge on any atom is -0.469 e. The molecule has 1 rings (SSSR count). The molecule has 8 heteroatoms. The Labute approximate surface area is 145 Å². The summed E-state index contributed by atoms with van der Waals surface area (Å²) in [6.45, 7) is 6.15. The van der Waals surface area contributed by atoms with Gasteiger partial charge in [-0.15, -0.1) is 0 Å². The van der Waals surface area contributed by atoms with Crippen molar-refractivity contribution in [2.75, 3.05) is 39.8 Å². The lowest BCUT2D eigenvalue weighted by atomic mass is 10.1. The summed E-state index contributed by atoms with van der Waals surface area (Å²) in [6.07, 6.45) is -0.0776. The maximum absolute atomic E-state index is 13.9. The molecule has 0 aliphatic carbocycles. The van der Waals surface area contributed by atoms with Gasteiger partial charge in [-0.2, -0.15) is 0 Å². The van der Waals surface area contributed by atoms with Crippen LogP contribution >= 0.6 is 0 Å². The van der Waals surface area contributed by atoms with Crippen molar-refractivity contribution in [3.05, 3.63) is 35.1 Å². The van der Waals surface area contributed by atoms with Crippen LogP contribution in [0, 0.1) is 17.5 Å². The van der Waals surface area contributed by atoms with Gasteiger partial charge in [0.05, 0.1) is 19.1 Å². The maximum atomic E-state index is 13.9. The molecular formula is C17H23F3N2O3. The molecule has 0 atom stereocenters. The molecule has 0 spiro atoms. The SMILES string of the molecule is CCN(CC)CCN(CCC(=O)OC)C(=O)c1ccc(F)c(F)c1F. The van der Waals surface area contributed by atoms with Gasteiger partial charge in [0.1, 0.15) is 0 Å². The topological polar surface area (TPSA) is 49.9 Å². The third-order valence-electron chi connectivity index (χ3n) is 3.95. The quantitative estimate of drug-likeness (QED) is 0.501. The molecule has 0 radical (unpaired) electrons. The van der Waals surface area contributed by atoms with Crippen molar-refractivity contribution in [3.63, 3.8) is 0 Å². The van der Waals surface area contributed by atoms with Crippen LogP contribution in [0.3, 0.4) is 0 Å². The summed E-state index contributed by atoms with van der Waals surface area (Å²) >= 11 is 0. The van der Waals surface area contributed by atoms with Gasteiger partial charge in [-0.25, -0.2) is 13.2 Å². The lowest BCUT2D eigenvalue weighted by Gasteiger charge is -2.26. The number of hydrogen-bond acceptors (Lipinski definition) is 4. The first-order chi connectivity index (χ1) is 11.8. The minimum atomic E-state index is -1.69. The standard InChI is InChI=1S/C17H23F3N2O3/c1-4-21(5-2)10-11-22(9-8-14(23)25-3)17(24)12-6-7-13(18)16(20)15(12)19/h6-7H,4-5,8-11H2,1-3H3. The molecule has 1 amide bonds. The van der Waals surface area contributed by atoms with E-state index in [-0.39, 0.29) is 19.5 Å². The predicted molar refractivity (Wildman–Crippen MR) is 86.6 cm³/mol. The van der Waals surface area contributed by atoms with Crippen LogP contribution in [0.1, 0.15) is 30.6 Å². The van der Waals surface area contributed by atoms with Crippen molar-refractivity contribution in [1.82, 2.24) is 9.80 Å². The summed E-state index contributed by atoms with van der Waals surface area (Å²) in [7, 11) is 1.22. The van der Waals surface area contributed by atoms with E-state index >= 15 is 0 Å². The number of halogens is 3. The molecule has 1 aromatic carbocycles. The van der Waals surface area contributed by atoms with Crippen molar-refractivity contribution in [2.24, 2.45) is 0 Å². The molecule has 0 unspecified atom stereocenters. The Bertz CT molecular complexity index is 607. The number of amides is 1. The number of methoxy groups -OCH3 is 1. The van der Waals surface area contributed by atoms with E-state index in [1.165, 1.54) is 12.0 Å². The predicted octanol–water partition coefficient (Wildman–Crippen LogP) is 2.45. The van der Waals surface area contributed by atoms with Crippen LogP contribution in [-0.2, 0) is 9.53 Å². The molecule has 25 heavy (non-hydrogen) atoms. The van der Waals surface area contributed by atoms with Gasteiger partial charge in [-0.05, 0) is 25.2 Å². The van der Waals surface area contributed by atoms with Gasteiger partial charge in [-0.1, -0.05) is 13.8 Å². The Morgan fingerprint density at radius 3 is 2.20 bits per heavy atom. The van der Waals surface area contributed by atoms with E-state index in [1.807, 2.05) is 18.7 Å². The zero-order valence-electron chi connectivity index (χ0n) is 14.7. The van der Waals surface area contributed by atoms with E-state index in [4.69, 9.17) is 0 Å². The minimum absolute atomic E-state index is 0.00872. The molecule has 140 valence electrons. The number of ether oxygens (including phenoxy) is 1. The van der Waals surface area contributed by atoms with Crippen LogP contribution in [0.4, 0.5) is 13.2 Å². The van der Waals surface area contributed by atoms with Gasteiger partial charge >= 0.3 is 5.97 Å². The van der Waals surface area contributed by atoms with Gasteiger partial charge in [0.2, 0.25) is 0 Å². The van der Waals surface area contributed by atoms with Crippen LogP contribution in [0.15, 0.2) is 12.1 Å². The Balaban J connectivity index is 2.98. The first-order valence-corrected chi connectivity index (χ1v) is 8.07. The molecule has 0 bridgehead atoms. The highest BCUT2D eigenvalue weighted by Crippen LogP contribution is 2.17. The summed E-state index contributed by atoms with van der Waals surface area (Å²) in [5, 5.41) is 0. The number of carbonyl (C=O) groups excluding carboxylic acids is 2. The normalized spacial score (nSPS) is 10.8. The van der Waals surface area contributed by atoms with Crippen molar-refractivity contribution < 1.29 is 27.5 Å². The summed E-state index contributed by atoms with van der Waals surface area (Å²) in [5.74, 6) is -5.91. The van der Waals surface area contributed by atoms with Crippen molar-refractivity contribution >= 4 is 11.9 Å². The number of hydrogen-bond donors (Lipinski definition) is 0. The lowest BCUT2D eigenvalue weighted by Crippen LogP contribution is -2.40. The zero-order chi connectivity index (χ0) is 19.0. The van der Waals surface area contributed by atoms with E-state index in [0.717, 1.165) is 19.2 Å². The first kappa shape index (κ1) is 21.0. The van der Waals surface area contributed by atoms with Crippen LogP contribution in [0.2, 0.25) is 0 Å². The number of benzene rings is 1. The first-order valence-electron chi connectivity index (χ1n) is 8.07. The highest BCUT2D eigenvalue weighted by molar-refractivity contribution is 5.94. The molecule has 0 aliphatic heterocycles. The highest BCUT2D eigenvalue weighted by atomic mass is 19.2. The van der Waals surface area contributed by atoms with Gasteiger partial charge in [0, 0.05) is 19.6 Å². The molecule has 1 aromatic rings. The monoisotopic (exact) mass is 360 g/mol. The van der Waals surface area contributed by atoms with E-state index in [2.05, 4.69) is 4.74 Å². The summed E-state index contributed by atoms with van der Waals surface area (Å²) in [4.78, 5) is 27.2. The lowest BCUT2D eigenvalue weighted by molar-refractivity contribution is -0.140. The molecule has 0 saturated carbocycles.